The van der Waals surface area contributed by atoms with Crippen molar-refractivity contribution < 1.29 is 9.90 Å². The molecule has 0 bridgehead atoms. The summed E-state index contributed by atoms with van der Waals surface area (Å²) in [6.45, 7) is 2.32. The van der Waals surface area contributed by atoms with Crippen molar-refractivity contribution in [3.63, 3.8) is 0 Å². The van der Waals surface area contributed by atoms with Gasteiger partial charge in [0, 0.05) is 4.90 Å². The summed E-state index contributed by atoms with van der Waals surface area (Å²) in [5.74, 6) is 0.938. The second kappa shape index (κ2) is 5.58. The standard InChI is InChI=1S/C14H18O2S/c1-10-2-3-12(8-10)11-4-6-13(7-5-11)17-9-14(15)16/h4-7,10,12H,2-3,8-9H2,1H3,(H,15,16)/t10-,12?/m0/s1. The van der Waals surface area contributed by atoms with E-state index in [1.807, 2.05) is 12.1 Å². The summed E-state index contributed by atoms with van der Waals surface area (Å²) in [7, 11) is 0. The second-order valence-corrected chi connectivity index (χ2v) is 5.92. The zero-order valence-corrected chi connectivity index (χ0v) is 10.9. The Morgan fingerprint density at radius 1 is 1.35 bits per heavy atom. The Bertz CT molecular complexity index is 386. The Balaban J connectivity index is 1.95. The van der Waals surface area contributed by atoms with Gasteiger partial charge in [-0.15, -0.1) is 11.8 Å². The number of carboxylic acid groups (broad SMARTS) is 1. The number of hydrogen-bond donors (Lipinski definition) is 1. The van der Waals surface area contributed by atoms with Gasteiger partial charge < -0.3 is 5.11 Å². The van der Waals surface area contributed by atoms with E-state index >= 15 is 0 Å². The van der Waals surface area contributed by atoms with Crippen LogP contribution in [-0.4, -0.2) is 16.8 Å². The van der Waals surface area contributed by atoms with E-state index in [4.69, 9.17) is 5.11 Å². The van der Waals surface area contributed by atoms with E-state index in [0.29, 0.717) is 5.92 Å². The summed E-state index contributed by atoms with van der Waals surface area (Å²) in [4.78, 5) is 11.5. The number of aliphatic carboxylic acids is 1. The summed E-state index contributed by atoms with van der Waals surface area (Å²) in [6, 6.07) is 8.41. The molecule has 2 atom stereocenters. The fourth-order valence-corrected chi connectivity index (χ4v) is 3.11. The summed E-state index contributed by atoms with van der Waals surface area (Å²) in [6.07, 6.45) is 3.92. The van der Waals surface area contributed by atoms with Crippen molar-refractivity contribution in [2.75, 3.05) is 5.75 Å². The van der Waals surface area contributed by atoms with Crippen molar-refractivity contribution in [2.24, 2.45) is 5.92 Å². The molecule has 1 unspecified atom stereocenters. The van der Waals surface area contributed by atoms with Crippen molar-refractivity contribution in [2.45, 2.75) is 37.0 Å². The molecule has 0 radical (unpaired) electrons. The van der Waals surface area contributed by atoms with Gasteiger partial charge >= 0.3 is 5.97 Å². The second-order valence-electron chi connectivity index (χ2n) is 4.87. The van der Waals surface area contributed by atoms with Crippen LogP contribution in [0.4, 0.5) is 0 Å². The monoisotopic (exact) mass is 250 g/mol. The number of benzene rings is 1. The quantitative estimate of drug-likeness (QED) is 0.827. The Morgan fingerprint density at radius 3 is 2.59 bits per heavy atom. The minimum atomic E-state index is -0.760. The van der Waals surface area contributed by atoms with Crippen LogP contribution in [0.1, 0.15) is 37.7 Å². The number of thioether (sulfide) groups is 1. The van der Waals surface area contributed by atoms with E-state index in [0.717, 1.165) is 10.8 Å². The van der Waals surface area contributed by atoms with Gasteiger partial charge in [0.2, 0.25) is 0 Å². The van der Waals surface area contributed by atoms with E-state index in [1.165, 1.54) is 36.6 Å². The molecule has 3 heteroatoms. The predicted molar refractivity (Wildman–Crippen MR) is 70.6 cm³/mol. The fraction of sp³-hybridized carbons (Fsp3) is 0.500. The van der Waals surface area contributed by atoms with Crippen LogP contribution in [0.5, 0.6) is 0 Å². The molecule has 1 N–H and O–H groups in total. The van der Waals surface area contributed by atoms with Gasteiger partial charge in [-0.05, 0) is 42.4 Å². The fourth-order valence-electron chi connectivity index (χ4n) is 2.49. The van der Waals surface area contributed by atoms with E-state index in [-0.39, 0.29) is 5.75 Å². The molecule has 1 aliphatic carbocycles. The molecule has 0 heterocycles. The smallest absolute Gasteiger partial charge is 0.313 e. The van der Waals surface area contributed by atoms with Crippen molar-refractivity contribution in [1.82, 2.24) is 0 Å². The lowest BCUT2D eigenvalue weighted by molar-refractivity contribution is -0.133. The van der Waals surface area contributed by atoms with Gasteiger partial charge in [0.25, 0.3) is 0 Å². The van der Waals surface area contributed by atoms with Gasteiger partial charge in [-0.2, -0.15) is 0 Å². The molecule has 1 aromatic carbocycles. The molecule has 92 valence electrons. The van der Waals surface area contributed by atoms with E-state index < -0.39 is 5.97 Å². The number of rotatable bonds is 4. The summed E-state index contributed by atoms with van der Waals surface area (Å²) >= 11 is 1.38. The van der Waals surface area contributed by atoms with Gasteiger partial charge in [-0.25, -0.2) is 0 Å². The van der Waals surface area contributed by atoms with Gasteiger partial charge in [-0.1, -0.05) is 25.5 Å². The maximum Gasteiger partial charge on any atom is 0.313 e. The minimum absolute atomic E-state index is 0.139. The van der Waals surface area contributed by atoms with Crippen LogP contribution in [0.15, 0.2) is 29.2 Å². The van der Waals surface area contributed by atoms with Crippen molar-refractivity contribution in [1.29, 1.82) is 0 Å². The highest BCUT2D eigenvalue weighted by molar-refractivity contribution is 8.00. The Morgan fingerprint density at radius 2 is 2.06 bits per heavy atom. The predicted octanol–water partition coefficient (Wildman–Crippen LogP) is 3.77. The largest absolute Gasteiger partial charge is 0.481 e. The van der Waals surface area contributed by atoms with Crippen LogP contribution >= 0.6 is 11.8 Å². The average Bonchev–Trinajstić information content (AvgIpc) is 2.74. The zero-order chi connectivity index (χ0) is 12.3. The molecule has 2 rings (SSSR count). The molecule has 1 saturated carbocycles. The maximum atomic E-state index is 10.5. The Kier molecular flexibility index (Phi) is 4.11. The minimum Gasteiger partial charge on any atom is -0.481 e. The molecule has 0 saturated heterocycles. The third-order valence-corrected chi connectivity index (χ3v) is 4.41. The highest BCUT2D eigenvalue weighted by Crippen LogP contribution is 2.38. The Hall–Kier alpha value is -0.960. The third kappa shape index (κ3) is 3.50. The molecule has 0 aliphatic heterocycles. The molecule has 1 aliphatic rings. The molecule has 0 amide bonds. The van der Waals surface area contributed by atoms with Gasteiger partial charge in [0.1, 0.15) is 0 Å². The summed E-state index contributed by atoms with van der Waals surface area (Å²) in [5.41, 5.74) is 1.41. The van der Waals surface area contributed by atoms with Crippen LogP contribution in [0.2, 0.25) is 0 Å². The zero-order valence-electron chi connectivity index (χ0n) is 10.1. The molecule has 0 spiro atoms. The van der Waals surface area contributed by atoms with Crippen LogP contribution in [0, 0.1) is 5.92 Å². The first-order valence-corrected chi connectivity index (χ1v) is 7.08. The molecule has 2 nitrogen and oxygen atoms in total. The maximum absolute atomic E-state index is 10.5. The van der Waals surface area contributed by atoms with Gasteiger partial charge in [0.05, 0.1) is 5.75 Å². The van der Waals surface area contributed by atoms with Crippen molar-refractivity contribution in [3.05, 3.63) is 29.8 Å². The topological polar surface area (TPSA) is 37.3 Å². The van der Waals surface area contributed by atoms with Crippen molar-refractivity contribution in [3.8, 4) is 0 Å². The van der Waals surface area contributed by atoms with Crippen LogP contribution in [-0.2, 0) is 4.79 Å². The van der Waals surface area contributed by atoms with Crippen LogP contribution < -0.4 is 0 Å². The molecule has 0 aromatic heterocycles. The van der Waals surface area contributed by atoms with Gasteiger partial charge in [-0.3, -0.25) is 4.79 Å². The number of carboxylic acids is 1. The first kappa shape index (κ1) is 12.5. The van der Waals surface area contributed by atoms with Crippen LogP contribution in [0.25, 0.3) is 0 Å². The van der Waals surface area contributed by atoms with E-state index in [9.17, 15) is 4.79 Å². The van der Waals surface area contributed by atoms with Gasteiger partial charge in [0.15, 0.2) is 0 Å². The average molecular weight is 250 g/mol. The lowest BCUT2D eigenvalue weighted by Crippen LogP contribution is -1.97. The highest BCUT2D eigenvalue weighted by atomic mass is 32.2. The molecule has 1 aromatic rings. The lowest BCUT2D eigenvalue weighted by atomic mass is 9.97. The third-order valence-electron chi connectivity index (χ3n) is 3.41. The number of hydrogen-bond acceptors (Lipinski definition) is 2. The highest BCUT2D eigenvalue weighted by Gasteiger charge is 2.22. The Labute approximate surface area is 106 Å². The van der Waals surface area contributed by atoms with Crippen molar-refractivity contribution >= 4 is 17.7 Å². The summed E-state index contributed by atoms with van der Waals surface area (Å²) in [5, 5.41) is 8.61. The lowest BCUT2D eigenvalue weighted by Gasteiger charge is -2.10. The normalized spacial score (nSPS) is 23.8. The summed E-state index contributed by atoms with van der Waals surface area (Å²) < 4.78 is 0. The SMILES string of the molecule is C[C@H]1CCC(c2ccc(SCC(=O)O)cc2)C1. The molecule has 17 heavy (non-hydrogen) atoms. The first-order chi connectivity index (χ1) is 8.15. The molecular weight excluding hydrogens is 232 g/mol. The van der Waals surface area contributed by atoms with Crippen LogP contribution in [0.3, 0.4) is 0 Å². The first-order valence-electron chi connectivity index (χ1n) is 6.09. The molecular formula is C14H18O2S. The van der Waals surface area contributed by atoms with E-state index in [2.05, 4.69) is 19.1 Å². The molecule has 1 fully saturated rings. The number of carbonyl (C=O) groups is 1. The van der Waals surface area contributed by atoms with E-state index in [1.54, 1.807) is 0 Å².